The molecular weight excluding hydrogens is 462 g/mol. The van der Waals surface area contributed by atoms with Gasteiger partial charge in [-0.2, -0.15) is 0 Å². The number of methoxy groups -OCH3 is 1. The van der Waals surface area contributed by atoms with Crippen LogP contribution in [0.25, 0.3) is 39.3 Å². The Kier molecular flexibility index (Phi) is 5.30. The molecular formula is C26H23N5O5. The van der Waals surface area contributed by atoms with Crippen LogP contribution < -0.4 is 15.6 Å². The zero-order valence-corrected chi connectivity index (χ0v) is 19.7. The predicted octanol–water partition coefficient (Wildman–Crippen LogP) is 3.22. The van der Waals surface area contributed by atoms with Crippen molar-refractivity contribution in [2.45, 2.75) is 26.1 Å². The van der Waals surface area contributed by atoms with E-state index in [9.17, 15) is 9.59 Å². The first-order valence-electron chi connectivity index (χ1n) is 11.6. The van der Waals surface area contributed by atoms with Gasteiger partial charge in [-0.3, -0.25) is 14.7 Å². The third-order valence-electron chi connectivity index (χ3n) is 6.33. The number of nitrogens with zero attached hydrogens (tertiary/aromatic N) is 3. The minimum atomic E-state index is -0.608. The van der Waals surface area contributed by atoms with Crippen LogP contribution in [0.3, 0.4) is 0 Å². The number of oxazole rings is 1. The summed E-state index contributed by atoms with van der Waals surface area (Å²) in [6.45, 7) is 2.37. The molecule has 0 saturated carbocycles. The summed E-state index contributed by atoms with van der Waals surface area (Å²) in [6.07, 6.45) is -0.0584. The summed E-state index contributed by atoms with van der Waals surface area (Å²) in [5, 5.41) is 5.89. The second kappa shape index (κ2) is 8.65. The second-order valence-electron chi connectivity index (χ2n) is 8.58. The lowest BCUT2D eigenvalue weighted by atomic mass is 10.1. The fourth-order valence-electron chi connectivity index (χ4n) is 4.60. The number of fused-ring (bicyclic) bond motifs is 2. The van der Waals surface area contributed by atoms with Crippen LogP contribution in [-0.4, -0.2) is 45.2 Å². The van der Waals surface area contributed by atoms with Gasteiger partial charge in [-0.25, -0.2) is 14.5 Å². The summed E-state index contributed by atoms with van der Waals surface area (Å²) >= 11 is 0. The Balaban J connectivity index is 1.57. The predicted molar refractivity (Wildman–Crippen MR) is 132 cm³/mol. The summed E-state index contributed by atoms with van der Waals surface area (Å²) in [6, 6.07) is 15.0. The zero-order valence-electron chi connectivity index (χ0n) is 19.7. The van der Waals surface area contributed by atoms with E-state index in [-0.39, 0.29) is 29.5 Å². The molecule has 0 spiro atoms. The van der Waals surface area contributed by atoms with Gasteiger partial charge in [0.25, 0.3) is 5.56 Å². The molecule has 1 unspecified atom stereocenters. The number of aromatic nitrogens is 4. The molecule has 1 aliphatic rings. The van der Waals surface area contributed by atoms with E-state index in [4.69, 9.17) is 18.9 Å². The molecule has 0 radical (unpaired) electrons. The topological polar surface area (TPSA) is 124 Å². The Hall–Kier alpha value is -4.44. The van der Waals surface area contributed by atoms with Gasteiger partial charge in [-0.05, 0) is 31.0 Å². The highest BCUT2D eigenvalue weighted by Crippen LogP contribution is 2.32. The summed E-state index contributed by atoms with van der Waals surface area (Å²) < 4.78 is 18.7. The third kappa shape index (κ3) is 3.54. The Labute approximate surface area is 204 Å². The number of hydrogen-bond donors (Lipinski definition) is 2. The highest BCUT2D eigenvalue weighted by Gasteiger charge is 2.28. The second-order valence-corrected chi connectivity index (χ2v) is 8.58. The van der Waals surface area contributed by atoms with E-state index in [1.807, 2.05) is 37.3 Å². The number of carbonyl (C=O) groups is 1. The van der Waals surface area contributed by atoms with E-state index in [0.717, 1.165) is 16.8 Å². The molecule has 0 aliphatic carbocycles. The van der Waals surface area contributed by atoms with Gasteiger partial charge in [-0.1, -0.05) is 36.4 Å². The highest BCUT2D eigenvalue weighted by atomic mass is 16.5. The lowest BCUT2D eigenvalue weighted by molar-refractivity contribution is -0.129. The average Bonchev–Trinajstić information content (AvgIpc) is 3.59. The Morgan fingerprint density at radius 1 is 1.08 bits per heavy atom. The van der Waals surface area contributed by atoms with Crippen molar-refractivity contribution in [1.82, 2.24) is 24.9 Å². The number of para-hydroxylation sites is 1. The Morgan fingerprint density at radius 3 is 2.67 bits per heavy atom. The van der Waals surface area contributed by atoms with E-state index >= 15 is 0 Å². The first-order chi connectivity index (χ1) is 17.5. The fraction of sp³-hybridized carbons (Fsp3) is 0.231. The first kappa shape index (κ1) is 22.1. The molecule has 10 heteroatoms. The molecule has 1 fully saturated rings. The van der Waals surface area contributed by atoms with Crippen LogP contribution in [0, 0.1) is 6.92 Å². The van der Waals surface area contributed by atoms with Gasteiger partial charge in [-0.15, -0.1) is 0 Å². The number of aryl methyl sites for hydroxylation is 1. The van der Waals surface area contributed by atoms with Gasteiger partial charge < -0.3 is 19.2 Å². The SMILES string of the molecule is COc1cccc2oc(-c3c(COC4CCNC4=O)nc4c(-c5ccccc5)c(C)[nH]n4c3=O)nc12. The summed E-state index contributed by atoms with van der Waals surface area (Å²) in [4.78, 5) is 35.4. The molecule has 4 heterocycles. The average molecular weight is 486 g/mol. The minimum absolute atomic E-state index is 0.0620. The van der Waals surface area contributed by atoms with Crippen LogP contribution in [-0.2, 0) is 16.1 Å². The molecule has 182 valence electrons. The first-order valence-corrected chi connectivity index (χ1v) is 11.6. The van der Waals surface area contributed by atoms with Gasteiger partial charge in [0.1, 0.15) is 17.4 Å². The molecule has 3 aromatic heterocycles. The number of aromatic amines is 1. The lowest BCUT2D eigenvalue weighted by Crippen LogP contribution is -2.26. The maximum atomic E-state index is 13.9. The van der Waals surface area contributed by atoms with Crippen LogP contribution in [0.15, 0.2) is 57.7 Å². The molecule has 1 atom stereocenters. The molecule has 2 N–H and O–H groups in total. The monoisotopic (exact) mass is 485 g/mol. The van der Waals surface area contributed by atoms with Crippen LogP contribution in [0.2, 0.25) is 0 Å². The van der Waals surface area contributed by atoms with Crippen molar-refractivity contribution >= 4 is 22.7 Å². The van der Waals surface area contributed by atoms with E-state index in [2.05, 4.69) is 15.4 Å². The van der Waals surface area contributed by atoms with Crippen molar-refractivity contribution in [2.75, 3.05) is 13.7 Å². The van der Waals surface area contributed by atoms with Crippen LogP contribution in [0.5, 0.6) is 5.75 Å². The van der Waals surface area contributed by atoms with Gasteiger partial charge >= 0.3 is 0 Å². The van der Waals surface area contributed by atoms with E-state index in [1.165, 1.54) is 4.52 Å². The number of nitrogens with one attached hydrogen (secondary N) is 2. The number of ether oxygens (including phenoxy) is 2. The molecule has 1 saturated heterocycles. The number of hydrogen-bond acceptors (Lipinski definition) is 7. The van der Waals surface area contributed by atoms with E-state index < -0.39 is 6.10 Å². The highest BCUT2D eigenvalue weighted by molar-refractivity contribution is 5.84. The Morgan fingerprint density at radius 2 is 1.92 bits per heavy atom. The van der Waals surface area contributed by atoms with Crippen LogP contribution in [0.4, 0.5) is 0 Å². The third-order valence-corrected chi connectivity index (χ3v) is 6.33. The number of amides is 1. The molecule has 36 heavy (non-hydrogen) atoms. The molecule has 5 aromatic rings. The normalized spacial score (nSPS) is 15.6. The zero-order chi connectivity index (χ0) is 24.8. The van der Waals surface area contributed by atoms with Crippen LogP contribution in [0.1, 0.15) is 17.8 Å². The molecule has 1 amide bonds. The summed E-state index contributed by atoms with van der Waals surface area (Å²) in [5.41, 5.74) is 4.04. The molecule has 10 nitrogen and oxygen atoms in total. The van der Waals surface area contributed by atoms with E-state index in [0.29, 0.717) is 41.2 Å². The minimum Gasteiger partial charge on any atom is -0.494 e. The Bertz CT molecular complexity index is 1670. The van der Waals surface area contributed by atoms with Crippen molar-refractivity contribution in [3.05, 3.63) is 70.3 Å². The number of benzene rings is 2. The largest absolute Gasteiger partial charge is 0.494 e. The molecule has 6 rings (SSSR count). The number of carbonyl (C=O) groups excluding carboxylic acids is 1. The van der Waals surface area contributed by atoms with Crippen molar-refractivity contribution in [2.24, 2.45) is 0 Å². The quantitative estimate of drug-likeness (QED) is 0.378. The summed E-state index contributed by atoms with van der Waals surface area (Å²) in [5.74, 6) is 0.451. The molecule has 0 bridgehead atoms. The van der Waals surface area contributed by atoms with Crippen molar-refractivity contribution in [1.29, 1.82) is 0 Å². The number of H-pyrrole nitrogens is 1. The van der Waals surface area contributed by atoms with Gasteiger partial charge in [0.2, 0.25) is 11.8 Å². The van der Waals surface area contributed by atoms with Gasteiger partial charge in [0, 0.05) is 17.8 Å². The lowest BCUT2D eigenvalue weighted by Gasteiger charge is -2.11. The van der Waals surface area contributed by atoms with Crippen LogP contribution >= 0.6 is 0 Å². The summed E-state index contributed by atoms with van der Waals surface area (Å²) in [7, 11) is 1.55. The van der Waals surface area contributed by atoms with E-state index in [1.54, 1.807) is 25.3 Å². The maximum Gasteiger partial charge on any atom is 0.285 e. The van der Waals surface area contributed by atoms with Crippen molar-refractivity contribution in [3.8, 4) is 28.3 Å². The molecule has 1 aliphatic heterocycles. The van der Waals surface area contributed by atoms with Gasteiger partial charge in [0.15, 0.2) is 16.7 Å². The maximum absolute atomic E-state index is 13.9. The number of rotatable bonds is 6. The standard InChI is InChI=1S/C26H23N5O5/c1-14-20(15-7-4-3-5-8-15)23-28-16(13-35-19-11-12-27-24(19)32)21(26(33)31(23)30-14)25-29-22-17(34-2)9-6-10-18(22)36-25/h3-10,19,30H,11-13H2,1-2H3,(H,27,32). The smallest absolute Gasteiger partial charge is 0.285 e. The van der Waals surface area contributed by atoms with Crippen molar-refractivity contribution in [3.63, 3.8) is 0 Å². The van der Waals surface area contributed by atoms with Crippen molar-refractivity contribution < 1.29 is 18.7 Å². The van der Waals surface area contributed by atoms with Gasteiger partial charge in [0.05, 0.1) is 19.4 Å². The fourth-order valence-corrected chi connectivity index (χ4v) is 4.60. The molecule has 2 aromatic carbocycles.